The zero-order chi connectivity index (χ0) is 26.8. The molecule has 0 saturated heterocycles. The summed E-state index contributed by atoms with van der Waals surface area (Å²) in [5.74, 6) is 0.0931. The molecule has 0 heterocycles. The second-order valence-corrected chi connectivity index (χ2v) is 12.6. The van der Waals surface area contributed by atoms with Crippen LogP contribution in [0.25, 0.3) is 0 Å². The van der Waals surface area contributed by atoms with Crippen LogP contribution in [0.1, 0.15) is 69.8 Å². The SMILES string of the molecule is C=CC[C@]1(O)CC[C@H]2[C@@H]3CCC4=CC(=O)CCC4=C3[C@@H](c3ccc(OS(=O)(=O)C(F)(F)F)cc3)C[C@@]21C. The van der Waals surface area contributed by atoms with Gasteiger partial charge in [0.2, 0.25) is 0 Å². The zero-order valence-corrected chi connectivity index (χ0v) is 21.5. The van der Waals surface area contributed by atoms with Crippen LogP contribution < -0.4 is 4.18 Å². The fourth-order valence-electron chi connectivity index (χ4n) is 7.56. The molecule has 0 radical (unpaired) electrons. The van der Waals surface area contributed by atoms with Crippen molar-refractivity contribution in [3.05, 3.63) is 65.3 Å². The molecule has 5 nitrogen and oxygen atoms in total. The number of fused-ring (bicyclic) bond motifs is 4. The molecule has 1 aromatic carbocycles. The van der Waals surface area contributed by atoms with Crippen molar-refractivity contribution in [1.82, 2.24) is 0 Å². The van der Waals surface area contributed by atoms with Crippen LogP contribution in [-0.4, -0.2) is 30.4 Å². The molecule has 2 fully saturated rings. The van der Waals surface area contributed by atoms with Crippen molar-refractivity contribution in [2.24, 2.45) is 17.3 Å². The van der Waals surface area contributed by atoms with E-state index in [4.69, 9.17) is 0 Å². The molecule has 37 heavy (non-hydrogen) atoms. The molecule has 4 aliphatic rings. The summed E-state index contributed by atoms with van der Waals surface area (Å²) in [4.78, 5) is 12.2. The Morgan fingerprint density at radius 1 is 1.16 bits per heavy atom. The van der Waals surface area contributed by atoms with Crippen LogP contribution in [0.3, 0.4) is 0 Å². The van der Waals surface area contributed by atoms with Crippen LogP contribution in [-0.2, 0) is 14.9 Å². The minimum atomic E-state index is -5.76. The third-order valence-corrected chi connectivity index (χ3v) is 10.3. The van der Waals surface area contributed by atoms with Gasteiger partial charge in [-0.1, -0.05) is 30.7 Å². The van der Waals surface area contributed by atoms with Gasteiger partial charge in [-0.25, -0.2) is 0 Å². The van der Waals surface area contributed by atoms with Crippen LogP contribution in [0.2, 0.25) is 0 Å². The molecule has 0 unspecified atom stereocenters. The quantitative estimate of drug-likeness (QED) is 0.279. The van der Waals surface area contributed by atoms with Crippen molar-refractivity contribution in [1.29, 1.82) is 0 Å². The Bertz CT molecular complexity index is 1290. The first-order chi connectivity index (χ1) is 17.3. The Morgan fingerprint density at radius 3 is 2.51 bits per heavy atom. The Labute approximate surface area is 215 Å². The lowest BCUT2D eigenvalue weighted by Gasteiger charge is -2.55. The number of alkyl halides is 3. The summed E-state index contributed by atoms with van der Waals surface area (Å²) < 4.78 is 65.6. The maximum atomic E-state index is 12.8. The predicted molar refractivity (Wildman–Crippen MR) is 132 cm³/mol. The average molecular weight is 537 g/mol. The minimum Gasteiger partial charge on any atom is -0.389 e. The van der Waals surface area contributed by atoms with Crippen LogP contribution in [0, 0.1) is 17.3 Å². The van der Waals surface area contributed by atoms with E-state index in [1.165, 1.54) is 23.3 Å². The van der Waals surface area contributed by atoms with Gasteiger partial charge in [0.1, 0.15) is 5.75 Å². The summed E-state index contributed by atoms with van der Waals surface area (Å²) in [7, 11) is -5.76. The highest BCUT2D eigenvalue weighted by Gasteiger charge is 2.62. The van der Waals surface area contributed by atoms with Gasteiger partial charge < -0.3 is 9.29 Å². The smallest absolute Gasteiger partial charge is 0.389 e. The van der Waals surface area contributed by atoms with Gasteiger partial charge >= 0.3 is 15.6 Å². The number of hydrogen-bond donors (Lipinski definition) is 1. The Morgan fingerprint density at radius 2 is 1.86 bits per heavy atom. The summed E-state index contributed by atoms with van der Waals surface area (Å²) in [6.45, 7) is 6.01. The lowest BCUT2D eigenvalue weighted by Crippen LogP contribution is -2.51. The lowest BCUT2D eigenvalue weighted by molar-refractivity contribution is -0.114. The first-order valence-corrected chi connectivity index (χ1v) is 14.1. The normalized spacial score (nSPS) is 33.8. The molecule has 200 valence electrons. The molecule has 2 saturated carbocycles. The van der Waals surface area contributed by atoms with Crippen LogP contribution >= 0.6 is 0 Å². The number of halogens is 3. The predicted octanol–water partition coefficient (Wildman–Crippen LogP) is 6.12. The van der Waals surface area contributed by atoms with Crippen molar-refractivity contribution in [2.45, 2.75) is 75.3 Å². The Kier molecular flexibility index (Phi) is 6.26. The number of ketones is 1. The summed E-state index contributed by atoms with van der Waals surface area (Å²) in [6.07, 6.45) is 9.02. The Balaban J connectivity index is 1.58. The monoisotopic (exact) mass is 536 g/mol. The maximum Gasteiger partial charge on any atom is 0.534 e. The van der Waals surface area contributed by atoms with E-state index < -0.39 is 32.4 Å². The van der Waals surface area contributed by atoms with Crippen molar-refractivity contribution < 1.29 is 35.7 Å². The number of rotatable bonds is 5. The number of hydrogen-bond acceptors (Lipinski definition) is 5. The fourth-order valence-corrected chi connectivity index (χ4v) is 8.02. The fraction of sp³-hybridized carbons (Fsp3) is 0.536. The highest BCUT2D eigenvalue weighted by atomic mass is 32.2. The number of benzene rings is 1. The molecule has 5 atom stereocenters. The lowest BCUT2D eigenvalue weighted by atomic mass is 9.51. The summed E-state index contributed by atoms with van der Waals surface area (Å²) in [5, 5.41) is 11.8. The third-order valence-electron chi connectivity index (χ3n) is 9.31. The van der Waals surface area contributed by atoms with Gasteiger partial charge in [-0.2, -0.15) is 21.6 Å². The molecule has 9 heteroatoms. The molecule has 5 rings (SSSR count). The number of allylic oxidation sites excluding steroid dienone is 4. The second-order valence-electron chi connectivity index (χ2n) is 11.1. The van der Waals surface area contributed by atoms with Gasteiger partial charge in [-0.3, -0.25) is 4.79 Å². The van der Waals surface area contributed by atoms with E-state index in [2.05, 4.69) is 17.7 Å². The number of aliphatic hydroxyl groups is 1. The van der Waals surface area contributed by atoms with Gasteiger partial charge in [0.25, 0.3) is 0 Å². The molecule has 1 N–H and O–H groups in total. The van der Waals surface area contributed by atoms with Crippen LogP contribution in [0.4, 0.5) is 13.2 Å². The average Bonchev–Trinajstić information content (AvgIpc) is 3.08. The molecule has 0 aliphatic heterocycles. The first-order valence-electron chi connectivity index (χ1n) is 12.7. The van der Waals surface area contributed by atoms with Gasteiger partial charge in [0.15, 0.2) is 5.78 Å². The van der Waals surface area contributed by atoms with E-state index in [-0.39, 0.29) is 23.5 Å². The topological polar surface area (TPSA) is 80.7 Å². The molecule has 0 amide bonds. The van der Waals surface area contributed by atoms with Crippen molar-refractivity contribution in [2.75, 3.05) is 0 Å². The van der Waals surface area contributed by atoms with Gasteiger partial charge in [-0.15, -0.1) is 6.58 Å². The van der Waals surface area contributed by atoms with Crippen molar-refractivity contribution in [3.8, 4) is 5.75 Å². The van der Waals surface area contributed by atoms with E-state index in [0.717, 1.165) is 30.4 Å². The van der Waals surface area contributed by atoms with Gasteiger partial charge in [0.05, 0.1) is 5.60 Å². The highest BCUT2D eigenvalue weighted by Crippen LogP contribution is 2.67. The van der Waals surface area contributed by atoms with Gasteiger partial charge in [0, 0.05) is 17.8 Å². The van der Waals surface area contributed by atoms with Crippen LogP contribution in [0.15, 0.2) is 59.7 Å². The molecule has 1 aromatic rings. The van der Waals surface area contributed by atoms with E-state index in [1.807, 2.05) is 0 Å². The molecule has 0 aromatic heterocycles. The summed E-state index contributed by atoms with van der Waals surface area (Å²) in [5.41, 5.74) is -2.44. The van der Waals surface area contributed by atoms with E-state index >= 15 is 0 Å². The minimum absolute atomic E-state index is 0.124. The van der Waals surface area contributed by atoms with E-state index in [0.29, 0.717) is 32.1 Å². The van der Waals surface area contributed by atoms with Gasteiger partial charge in [-0.05, 0) is 91.7 Å². The summed E-state index contributed by atoms with van der Waals surface area (Å²) in [6, 6.07) is 5.74. The number of carbonyl (C=O) groups excluding carboxylic acids is 1. The molecule has 4 aliphatic carbocycles. The third kappa shape index (κ3) is 4.18. The molecular weight excluding hydrogens is 505 g/mol. The van der Waals surface area contributed by atoms with E-state index in [1.54, 1.807) is 24.3 Å². The van der Waals surface area contributed by atoms with Crippen molar-refractivity contribution in [3.63, 3.8) is 0 Å². The molecule has 0 spiro atoms. The number of carbonyl (C=O) groups is 1. The molecular formula is C28H31F3O5S. The van der Waals surface area contributed by atoms with Crippen LogP contribution in [0.5, 0.6) is 5.75 Å². The zero-order valence-electron chi connectivity index (χ0n) is 20.7. The maximum absolute atomic E-state index is 12.8. The second kappa shape index (κ2) is 8.83. The largest absolute Gasteiger partial charge is 0.534 e. The first kappa shape index (κ1) is 26.2. The standard InChI is InChI=1S/C28H31F3O5S/c1-3-13-27(33)14-12-24-22-10-6-18-15-19(32)7-11-21(18)25(22)23(16-26(24,27)2)17-4-8-20(9-5-17)36-37(34,35)28(29,30)31/h3-5,8-9,15,22-24,33H,1,6-7,10-14,16H2,2H3/t22-,23+,24-,26-,27-/m0/s1. The molecule has 0 bridgehead atoms. The Hall–Kier alpha value is -2.39. The van der Waals surface area contributed by atoms with E-state index in [9.17, 15) is 31.5 Å². The van der Waals surface area contributed by atoms with Crippen molar-refractivity contribution >= 4 is 15.9 Å². The highest BCUT2D eigenvalue weighted by molar-refractivity contribution is 7.88. The summed E-state index contributed by atoms with van der Waals surface area (Å²) >= 11 is 0.